The lowest BCUT2D eigenvalue weighted by atomic mass is 10.00. The Morgan fingerprint density at radius 1 is 1.33 bits per heavy atom. The van der Waals surface area contributed by atoms with Crippen LogP contribution in [0.1, 0.15) is 31.2 Å². The van der Waals surface area contributed by atoms with Crippen LogP contribution in [-0.4, -0.2) is 57.6 Å². The van der Waals surface area contributed by atoms with Gasteiger partial charge in [-0.05, 0) is 30.9 Å². The maximum Gasteiger partial charge on any atom is 0.311 e. The number of carbonyl (C=O) groups is 2. The van der Waals surface area contributed by atoms with E-state index in [1.165, 1.54) is 30.2 Å². The predicted molar refractivity (Wildman–Crippen MR) is 126 cm³/mol. The van der Waals surface area contributed by atoms with Crippen molar-refractivity contribution in [2.75, 3.05) is 36.2 Å². The minimum atomic E-state index is -0.372. The third kappa shape index (κ3) is 6.14. The van der Waals surface area contributed by atoms with Crippen LogP contribution < -0.4 is 10.2 Å². The monoisotopic (exact) mass is 490 g/mol. The van der Waals surface area contributed by atoms with Crippen molar-refractivity contribution >= 4 is 46.1 Å². The maximum atomic E-state index is 12.5. The summed E-state index contributed by atoms with van der Waals surface area (Å²) < 4.78 is 12.2. The van der Waals surface area contributed by atoms with Gasteiger partial charge < -0.3 is 19.4 Å². The number of nitrogens with one attached hydrogen (secondary N) is 1. The highest BCUT2D eigenvalue weighted by Crippen LogP contribution is 2.27. The standard InChI is InChI=1S/C21H26N6O4S2/c1-14-5-7-26(8-6-14)20-24-25-21(27(20)11-16-4-3-9-31-16)33-13-17(28)23-19-22-15(12-32-19)10-18(29)30-2/h3-4,9,12,14H,5-8,10-11,13H2,1-2H3,(H,22,23,28). The largest absolute Gasteiger partial charge is 0.469 e. The van der Waals surface area contributed by atoms with Crippen LogP contribution in [0.4, 0.5) is 11.1 Å². The van der Waals surface area contributed by atoms with E-state index in [9.17, 15) is 9.59 Å². The van der Waals surface area contributed by atoms with Crippen LogP contribution in [0.25, 0.3) is 0 Å². The molecule has 1 N–H and O–H groups in total. The molecule has 0 atom stereocenters. The summed E-state index contributed by atoms with van der Waals surface area (Å²) in [5.41, 5.74) is 0.563. The summed E-state index contributed by atoms with van der Waals surface area (Å²) in [5, 5.41) is 14.4. The van der Waals surface area contributed by atoms with E-state index in [0.717, 1.165) is 37.6 Å². The first kappa shape index (κ1) is 23.3. The molecule has 176 valence electrons. The Kier molecular flexibility index (Phi) is 7.65. The summed E-state index contributed by atoms with van der Waals surface area (Å²) in [7, 11) is 1.33. The zero-order chi connectivity index (χ0) is 23.2. The van der Waals surface area contributed by atoms with E-state index < -0.39 is 0 Å². The van der Waals surface area contributed by atoms with Gasteiger partial charge in [-0.1, -0.05) is 18.7 Å². The number of methoxy groups -OCH3 is 1. The van der Waals surface area contributed by atoms with Gasteiger partial charge in [0.2, 0.25) is 11.9 Å². The van der Waals surface area contributed by atoms with Gasteiger partial charge in [0.15, 0.2) is 10.3 Å². The van der Waals surface area contributed by atoms with Gasteiger partial charge in [0, 0.05) is 18.5 Å². The fraction of sp³-hybridized carbons (Fsp3) is 0.476. The molecule has 0 saturated carbocycles. The van der Waals surface area contributed by atoms with Gasteiger partial charge in [-0.15, -0.1) is 21.5 Å². The molecule has 0 bridgehead atoms. The zero-order valence-electron chi connectivity index (χ0n) is 18.5. The Morgan fingerprint density at radius 3 is 2.88 bits per heavy atom. The number of carbonyl (C=O) groups excluding carboxylic acids is 2. The number of esters is 1. The van der Waals surface area contributed by atoms with E-state index in [1.54, 1.807) is 11.6 Å². The quantitative estimate of drug-likeness (QED) is 0.357. The SMILES string of the molecule is COC(=O)Cc1csc(NC(=O)CSc2nnc(N3CCC(C)CC3)n2Cc2ccco2)n1. The van der Waals surface area contributed by atoms with Crippen molar-refractivity contribution in [1.29, 1.82) is 0 Å². The third-order valence-corrected chi connectivity index (χ3v) is 7.11. The molecule has 0 spiro atoms. The minimum absolute atomic E-state index is 0.0750. The molecule has 1 aliphatic rings. The van der Waals surface area contributed by atoms with E-state index in [0.29, 0.717) is 28.4 Å². The van der Waals surface area contributed by atoms with Crippen LogP contribution in [0.5, 0.6) is 0 Å². The normalized spacial score (nSPS) is 14.4. The Labute approximate surface area is 199 Å². The molecule has 0 radical (unpaired) electrons. The van der Waals surface area contributed by atoms with Gasteiger partial charge in [-0.25, -0.2) is 4.98 Å². The second-order valence-corrected chi connectivity index (χ2v) is 9.65. The van der Waals surface area contributed by atoms with E-state index in [2.05, 4.69) is 37.1 Å². The first-order valence-corrected chi connectivity index (χ1v) is 12.5. The van der Waals surface area contributed by atoms with Crippen LogP contribution in [0.3, 0.4) is 0 Å². The Bertz CT molecular complexity index is 1070. The highest BCUT2D eigenvalue weighted by molar-refractivity contribution is 7.99. The van der Waals surface area contributed by atoms with Gasteiger partial charge >= 0.3 is 5.97 Å². The number of nitrogens with zero attached hydrogens (tertiary/aromatic N) is 5. The molecule has 1 aliphatic heterocycles. The molecule has 3 aromatic heterocycles. The Balaban J connectivity index is 1.40. The summed E-state index contributed by atoms with van der Waals surface area (Å²) in [4.78, 5) is 30.4. The van der Waals surface area contributed by atoms with E-state index in [1.807, 2.05) is 16.7 Å². The lowest BCUT2D eigenvalue weighted by Gasteiger charge is -2.31. The molecule has 0 unspecified atom stereocenters. The van der Waals surface area contributed by atoms with Crippen molar-refractivity contribution in [3.05, 3.63) is 35.2 Å². The average molecular weight is 491 g/mol. The van der Waals surface area contributed by atoms with Crippen molar-refractivity contribution in [3.63, 3.8) is 0 Å². The summed E-state index contributed by atoms with van der Waals surface area (Å²) in [6, 6.07) is 3.77. The van der Waals surface area contributed by atoms with Crippen LogP contribution >= 0.6 is 23.1 Å². The number of amides is 1. The fourth-order valence-corrected chi connectivity index (χ4v) is 4.94. The molecular weight excluding hydrogens is 464 g/mol. The molecule has 10 nitrogen and oxygen atoms in total. The topological polar surface area (TPSA) is 115 Å². The van der Waals surface area contributed by atoms with Gasteiger partial charge in [0.25, 0.3) is 0 Å². The average Bonchev–Trinajstić information content (AvgIpc) is 3.56. The number of thiazole rings is 1. The van der Waals surface area contributed by atoms with E-state index in [4.69, 9.17) is 4.42 Å². The molecule has 0 aromatic carbocycles. The summed E-state index contributed by atoms with van der Waals surface area (Å²) in [6.45, 7) is 4.63. The second-order valence-electron chi connectivity index (χ2n) is 7.85. The van der Waals surface area contributed by atoms with Crippen molar-refractivity contribution in [2.24, 2.45) is 5.92 Å². The number of hydrogen-bond acceptors (Lipinski definition) is 10. The molecule has 3 aromatic rings. The third-order valence-electron chi connectivity index (χ3n) is 5.34. The van der Waals surface area contributed by atoms with E-state index in [-0.39, 0.29) is 24.1 Å². The Hall–Kier alpha value is -2.86. The van der Waals surface area contributed by atoms with Crippen molar-refractivity contribution < 1.29 is 18.7 Å². The van der Waals surface area contributed by atoms with Gasteiger partial charge in [0.1, 0.15) is 5.76 Å². The molecular formula is C21H26N6O4S2. The van der Waals surface area contributed by atoms with Crippen LogP contribution in [0.2, 0.25) is 0 Å². The number of anilines is 2. The lowest BCUT2D eigenvalue weighted by molar-refractivity contribution is -0.139. The Morgan fingerprint density at radius 2 is 2.15 bits per heavy atom. The first-order valence-electron chi connectivity index (χ1n) is 10.7. The van der Waals surface area contributed by atoms with Crippen LogP contribution in [0.15, 0.2) is 33.3 Å². The summed E-state index contributed by atoms with van der Waals surface area (Å²) >= 11 is 2.58. The number of aromatic nitrogens is 4. The van der Waals surface area contributed by atoms with Crippen molar-refractivity contribution in [3.8, 4) is 0 Å². The maximum absolute atomic E-state index is 12.5. The number of rotatable bonds is 9. The summed E-state index contributed by atoms with van der Waals surface area (Å²) in [5.74, 6) is 1.88. The molecule has 1 saturated heterocycles. The lowest BCUT2D eigenvalue weighted by Crippen LogP contribution is -2.35. The number of thioether (sulfide) groups is 1. The van der Waals surface area contributed by atoms with Crippen molar-refractivity contribution in [2.45, 2.75) is 37.9 Å². The second kappa shape index (κ2) is 10.8. The molecule has 4 heterocycles. The highest BCUT2D eigenvalue weighted by Gasteiger charge is 2.24. The van der Waals surface area contributed by atoms with Crippen LogP contribution in [-0.2, 0) is 27.3 Å². The summed E-state index contributed by atoms with van der Waals surface area (Å²) in [6.07, 6.45) is 3.95. The van der Waals surface area contributed by atoms with Crippen LogP contribution in [0, 0.1) is 5.92 Å². The molecule has 1 fully saturated rings. The molecule has 1 amide bonds. The predicted octanol–water partition coefficient (Wildman–Crippen LogP) is 3.06. The smallest absolute Gasteiger partial charge is 0.311 e. The van der Waals surface area contributed by atoms with Gasteiger partial charge in [0.05, 0.1) is 37.8 Å². The molecule has 12 heteroatoms. The van der Waals surface area contributed by atoms with Crippen molar-refractivity contribution in [1.82, 2.24) is 19.7 Å². The van der Waals surface area contributed by atoms with Gasteiger partial charge in [-0.2, -0.15) is 0 Å². The zero-order valence-corrected chi connectivity index (χ0v) is 20.2. The fourth-order valence-electron chi connectivity index (χ4n) is 3.48. The first-order chi connectivity index (χ1) is 16.0. The molecule has 4 rings (SSSR count). The minimum Gasteiger partial charge on any atom is -0.469 e. The highest BCUT2D eigenvalue weighted by atomic mass is 32.2. The number of furan rings is 1. The van der Waals surface area contributed by atoms with E-state index >= 15 is 0 Å². The molecule has 0 aliphatic carbocycles. The molecule has 33 heavy (non-hydrogen) atoms. The van der Waals surface area contributed by atoms with Gasteiger partial charge in [-0.3, -0.25) is 14.2 Å². The number of piperidine rings is 1. The number of hydrogen-bond donors (Lipinski definition) is 1. The number of ether oxygens (including phenoxy) is 1.